The number of amides is 1. The maximum atomic E-state index is 12.0. The van der Waals surface area contributed by atoms with Gasteiger partial charge >= 0.3 is 5.97 Å². The van der Waals surface area contributed by atoms with Gasteiger partial charge in [0.1, 0.15) is 6.04 Å². The van der Waals surface area contributed by atoms with Crippen molar-refractivity contribution in [1.82, 2.24) is 14.9 Å². The summed E-state index contributed by atoms with van der Waals surface area (Å²) in [4.78, 5) is 21.9. The fourth-order valence-corrected chi connectivity index (χ4v) is 3.88. The van der Waals surface area contributed by atoms with Gasteiger partial charge in [-0.25, -0.2) is 8.42 Å². The average Bonchev–Trinajstić information content (AvgIpc) is 2.82. The average molecular weight is 354 g/mol. The van der Waals surface area contributed by atoms with Crippen LogP contribution < -0.4 is 10.0 Å². The summed E-state index contributed by atoms with van der Waals surface area (Å²) in [6.45, 7) is 1.25. The number of carboxylic acid groups (broad SMARTS) is 1. The number of aromatic nitrogens is 2. The molecular weight excluding hydrogens is 340 g/mol. The fourth-order valence-electron chi connectivity index (χ4n) is 1.23. The summed E-state index contributed by atoms with van der Waals surface area (Å²) >= 11 is 2.05. The molecule has 0 spiro atoms. The van der Waals surface area contributed by atoms with Crippen LogP contribution in [0, 0.1) is 0 Å². The van der Waals surface area contributed by atoms with Gasteiger partial charge in [-0.2, -0.15) is 16.5 Å². The quantitative estimate of drug-likeness (QED) is 0.554. The topological polar surface area (TPSA) is 138 Å². The Bertz CT molecular complexity index is 615. The molecule has 0 saturated carbocycles. The van der Waals surface area contributed by atoms with E-state index in [4.69, 9.17) is 5.11 Å². The number of nitrogens with one attached hydrogen (secondary N) is 2. The van der Waals surface area contributed by atoms with Crippen LogP contribution in [0.3, 0.4) is 0 Å². The second kappa shape index (κ2) is 7.68. The van der Waals surface area contributed by atoms with Crippen molar-refractivity contribution >= 4 is 50.1 Å². The first-order valence-corrected chi connectivity index (χ1v) is 9.30. The first kappa shape index (κ1) is 17.8. The highest BCUT2D eigenvalue weighted by atomic mass is 32.2. The SMILES string of the molecule is CSCCC(NS(=O)(=O)c1nnc(NC(C)=O)s1)C(=O)O. The van der Waals surface area contributed by atoms with Gasteiger partial charge in [-0.05, 0) is 18.4 Å². The molecule has 1 atom stereocenters. The number of sulfonamides is 1. The van der Waals surface area contributed by atoms with Gasteiger partial charge < -0.3 is 10.4 Å². The summed E-state index contributed by atoms with van der Waals surface area (Å²) in [6.07, 6.45) is 1.94. The Labute approximate surface area is 129 Å². The zero-order chi connectivity index (χ0) is 16.0. The number of hydrogen-bond donors (Lipinski definition) is 3. The fraction of sp³-hybridized carbons (Fsp3) is 0.556. The number of hydrogen-bond acceptors (Lipinski definition) is 8. The monoisotopic (exact) mass is 354 g/mol. The molecule has 1 aromatic heterocycles. The maximum Gasteiger partial charge on any atom is 0.321 e. The van der Waals surface area contributed by atoms with E-state index in [1.165, 1.54) is 18.7 Å². The van der Waals surface area contributed by atoms with Crippen LogP contribution in [0.15, 0.2) is 4.34 Å². The van der Waals surface area contributed by atoms with Crippen molar-refractivity contribution in [2.75, 3.05) is 17.3 Å². The molecular formula is C9H14N4O5S3. The lowest BCUT2D eigenvalue weighted by molar-refractivity contribution is -0.139. The summed E-state index contributed by atoms with van der Waals surface area (Å²) in [6, 6.07) is -1.24. The summed E-state index contributed by atoms with van der Waals surface area (Å²) in [7, 11) is -4.10. The third-order valence-corrected chi connectivity index (χ3v) is 5.45. The lowest BCUT2D eigenvalue weighted by atomic mass is 10.2. The second-order valence-corrected chi connectivity index (χ2v) is 7.70. The molecule has 0 saturated heterocycles. The standard InChI is InChI=1S/C9H14N4O5S3/c1-5(14)10-8-11-12-9(20-8)21(17,18)13-6(7(15)16)3-4-19-2/h6,13H,3-4H2,1-2H3,(H,15,16)(H,10,11,14). The lowest BCUT2D eigenvalue weighted by Crippen LogP contribution is -2.41. The molecule has 9 nitrogen and oxygen atoms in total. The predicted octanol–water partition coefficient (Wildman–Crippen LogP) is -0.0189. The van der Waals surface area contributed by atoms with Crippen molar-refractivity contribution in [3.8, 4) is 0 Å². The molecule has 0 fully saturated rings. The van der Waals surface area contributed by atoms with Gasteiger partial charge in [-0.15, -0.1) is 10.2 Å². The van der Waals surface area contributed by atoms with Crippen molar-refractivity contribution in [3.05, 3.63) is 0 Å². The van der Waals surface area contributed by atoms with E-state index in [2.05, 4.69) is 20.2 Å². The second-order valence-electron chi connectivity index (χ2n) is 3.85. The van der Waals surface area contributed by atoms with Crippen LogP contribution in [0.5, 0.6) is 0 Å². The number of aliphatic carboxylic acids is 1. The van der Waals surface area contributed by atoms with Crippen LogP contribution in [-0.2, 0) is 19.6 Å². The Morgan fingerprint density at radius 1 is 1.43 bits per heavy atom. The lowest BCUT2D eigenvalue weighted by Gasteiger charge is -2.12. The molecule has 1 aromatic rings. The van der Waals surface area contributed by atoms with Gasteiger partial charge in [0, 0.05) is 6.92 Å². The molecule has 3 N–H and O–H groups in total. The smallest absolute Gasteiger partial charge is 0.321 e. The summed E-state index contributed by atoms with van der Waals surface area (Å²) < 4.78 is 25.7. The van der Waals surface area contributed by atoms with Crippen LogP contribution in [0.4, 0.5) is 5.13 Å². The summed E-state index contributed by atoms with van der Waals surface area (Å²) in [5.74, 6) is -1.18. The molecule has 1 amide bonds. The minimum atomic E-state index is -4.10. The molecule has 0 aliphatic rings. The Balaban J connectivity index is 2.86. The highest BCUT2D eigenvalue weighted by molar-refractivity contribution is 7.98. The van der Waals surface area contributed by atoms with E-state index >= 15 is 0 Å². The van der Waals surface area contributed by atoms with E-state index in [9.17, 15) is 18.0 Å². The molecule has 1 heterocycles. The van der Waals surface area contributed by atoms with Crippen molar-refractivity contribution in [1.29, 1.82) is 0 Å². The zero-order valence-electron chi connectivity index (χ0n) is 11.2. The normalized spacial score (nSPS) is 12.9. The summed E-state index contributed by atoms with van der Waals surface area (Å²) in [5, 5.41) is 18.3. The van der Waals surface area contributed by atoms with Gasteiger partial charge in [-0.3, -0.25) is 9.59 Å². The Hall–Kier alpha value is -1.24. The van der Waals surface area contributed by atoms with Crippen LogP contribution in [0.25, 0.3) is 0 Å². The highest BCUT2D eigenvalue weighted by Gasteiger charge is 2.28. The molecule has 0 aromatic carbocycles. The predicted molar refractivity (Wildman–Crippen MR) is 79.0 cm³/mol. The Kier molecular flexibility index (Phi) is 6.51. The molecule has 0 radical (unpaired) electrons. The number of carbonyl (C=O) groups excluding carboxylic acids is 1. The van der Waals surface area contributed by atoms with Crippen molar-refractivity contribution in [2.45, 2.75) is 23.7 Å². The van der Waals surface area contributed by atoms with Crippen molar-refractivity contribution < 1.29 is 23.1 Å². The molecule has 0 bridgehead atoms. The summed E-state index contributed by atoms with van der Waals surface area (Å²) in [5.41, 5.74) is 0. The van der Waals surface area contributed by atoms with Crippen LogP contribution >= 0.6 is 23.1 Å². The van der Waals surface area contributed by atoms with Crippen molar-refractivity contribution in [3.63, 3.8) is 0 Å². The number of nitrogens with zero attached hydrogens (tertiary/aromatic N) is 2. The Morgan fingerprint density at radius 2 is 2.10 bits per heavy atom. The first-order valence-electron chi connectivity index (χ1n) is 5.61. The number of thioether (sulfide) groups is 1. The Morgan fingerprint density at radius 3 is 2.62 bits per heavy atom. The minimum absolute atomic E-state index is 0.0267. The van der Waals surface area contributed by atoms with Gasteiger partial charge in [0.15, 0.2) is 0 Å². The highest BCUT2D eigenvalue weighted by Crippen LogP contribution is 2.20. The van der Waals surface area contributed by atoms with Crippen molar-refractivity contribution in [2.24, 2.45) is 0 Å². The molecule has 21 heavy (non-hydrogen) atoms. The van der Waals surface area contributed by atoms with E-state index in [0.717, 1.165) is 0 Å². The zero-order valence-corrected chi connectivity index (χ0v) is 13.6. The van der Waals surface area contributed by atoms with Gasteiger partial charge in [0.2, 0.25) is 15.4 Å². The van der Waals surface area contributed by atoms with Gasteiger partial charge in [0.25, 0.3) is 10.0 Å². The number of carboxylic acids is 1. The third-order valence-electron chi connectivity index (χ3n) is 2.13. The van der Waals surface area contributed by atoms with E-state index in [0.29, 0.717) is 17.1 Å². The van der Waals surface area contributed by atoms with Gasteiger partial charge in [-0.1, -0.05) is 11.3 Å². The van der Waals surface area contributed by atoms with Crippen LogP contribution in [0.1, 0.15) is 13.3 Å². The number of rotatable bonds is 8. The van der Waals surface area contributed by atoms with Crippen LogP contribution in [0.2, 0.25) is 0 Å². The first-order chi connectivity index (χ1) is 9.76. The largest absolute Gasteiger partial charge is 0.480 e. The van der Waals surface area contributed by atoms with Gasteiger partial charge in [0.05, 0.1) is 0 Å². The molecule has 0 aliphatic heterocycles. The van der Waals surface area contributed by atoms with E-state index < -0.39 is 32.3 Å². The molecule has 1 rings (SSSR count). The minimum Gasteiger partial charge on any atom is -0.480 e. The van der Waals surface area contributed by atoms with E-state index in [1.807, 2.05) is 0 Å². The third kappa shape index (κ3) is 5.57. The molecule has 118 valence electrons. The van der Waals surface area contributed by atoms with Crippen LogP contribution in [-0.4, -0.2) is 53.6 Å². The molecule has 0 aliphatic carbocycles. The number of carbonyl (C=O) groups is 2. The van der Waals surface area contributed by atoms with E-state index in [-0.39, 0.29) is 11.6 Å². The maximum absolute atomic E-state index is 12.0. The molecule has 1 unspecified atom stereocenters. The number of anilines is 1. The van der Waals surface area contributed by atoms with E-state index in [1.54, 1.807) is 6.26 Å². The molecule has 12 heteroatoms.